The Bertz CT molecular complexity index is 1090. The number of alkyl carbamates (subject to hydrolysis) is 1. The van der Waals surface area contributed by atoms with Crippen molar-refractivity contribution in [1.82, 2.24) is 10.2 Å². The van der Waals surface area contributed by atoms with E-state index in [2.05, 4.69) is 5.32 Å². The van der Waals surface area contributed by atoms with E-state index < -0.39 is 36.5 Å². The minimum atomic E-state index is -1.26. The number of nitrogens with one attached hydrogen (secondary N) is 1. The van der Waals surface area contributed by atoms with Gasteiger partial charge in [-0.1, -0.05) is 48.5 Å². The molecule has 35 heavy (non-hydrogen) atoms. The lowest BCUT2D eigenvalue weighted by Crippen LogP contribution is -2.59. The largest absolute Gasteiger partial charge is 0.481 e. The maximum Gasteiger partial charge on any atom is 0.407 e. The molecule has 4 atom stereocenters. The van der Waals surface area contributed by atoms with Gasteiger partial charge in [-0.25, -0.2) is 4.79 Å². The van der Waals surface area contributed by atoms with E-state index in [1.54, 1.807) is 4.90 Å². The average molecular weight is 479 g/mol. The molecule has 184 valence electrons. The Morgan fingerprint density at radius 2 is 1.66 bits per heavy atom. The first kappa shape index (κ1) is 23.4. The van der Waals surface area contributed by atoms with Crippen LogP contribution in [0.3, 0.4) is 0 Å². The lowest BCUT2D eigenvalue weighted by Gasteiger charge is -2.46. The number of aliphatic hydroxyl groups is 1. The van der Waals surface area contributed by atoms with Crippen LogP contribution in [-0.2, 0) is 14.3 Å². The molecule has 2 aliphatic carbocycles. The van der Waals surface area contributed by atoms with Crippen LogP contribution in [0.15, 0.2) is 48.5 Å². The summed E-state index contributed by atoms with van der Waals surface area (Å²) in [6.45, 7) is 0.522. The highest BCUT2D eigenvalue weighted by molar-refractivity contribution is 5.89. The Balaban J connectivity index is 1.27. The number of hydrogen-bond acceptors (Lipinski definition) is 5. The second-order valence-corrected chi connectivity index (χ2v) is 9.75. The number of ether oxygens (including phenoxy) is 1. The number of rotatable bonds is 6. The third-order valence-corrected chi connectivity index (χ3v) is 7.66. The number of hydrogen-bond donors (Lipinski definition) is 3. The van der Waals surface area contributed by atoms with E-state index in [9.17, 15) is 24.6 Å². The van der Waals surface area contributed by atoms with Crippen molar-refractivity contribution in [1.29, 1.82) is 0 Å². The van der Waals surface area contributed by atoms with Gasteiger partial charge in [-0.2, -0.15) is 0 Å². The highest BCUT2D eigenvalue weighted by Crippen LogP contribution is 2.44. The van der Waals surface area contributed by atoms with Crippen molar-refractivity contribution in [2.24, 2.45) is 5.92 Å². The fourth-order valence-electron chi connectivity index (χ4n) is 5.93. The maximum absolute atomic E-state index is 13.3. The summed E-state index contributed by atoms with van der Waals surface area (Å²) < 4.78 is 5.53. The van der Waals surface area contributed by atoms with Crippen LogP contribution in [0.2, 0.25) is 0 Å². The predicted molar refractivity (Wildman–Crippen MR) is 128 cm³/mol. The lowest BCUT2D eigenvalue weighted by atomic mass is 9.78. The lowest BCUT2D eigenvalue weighted by molar-refractivity contribution is -0.148. The summed E-state index contributed by atoms with van der Waals surface area (Å²) >= 11 is 0. The summed E-state index contributed by atoms with van der Waals surface area (Å²) in [5, 5.41) is 22.3. The number of aliphatic carboxylic acids is 1. The van der Waals surface area contributed by atoms with Gasteiger partial charge in [-0.15, -0.1) is 0 Å². The Hall–Kier alpha value is -3.39. The van der Waals surface area contributed by atoms with Crippen molar-refractivity contribution in [2.45, 2.75) is 56.2 Å². The number of likely N-dealkylation sites (tertiary alicyclic amines) is 1. The minimum Gasteiger partial charge on any atom is -0.481 e. The van der Waals surface area contributed by atoms with Crippen LogP contribution in [0, 0.1) is 5.92 Å². The average Bonchev–Trinajstić information content (AvgIpc) is 3.18. The molecule has 3 aliphatic rings. The molecule has 1 aliphatic heterocycles. The molecule has 0 aromatic heterocycles. The maximum atomic E-state index is 13.3. The number of amides is 2. The third-order valence-electron chi connectivity index (χ3n) is 7.66. The molecule has 5 rings (SSSR count). The second-order valence-electron chi connectivity index (χ2n) is 9.75. The monoisotopic (exact) mass is 478 g/mol. The van der Waals surface area contributed by atoms with Gasteiger partial charge in [0.25, 0.3) is 0 Å². The normalized spacial score (nSPS) is 23.7. The van der Waals surface area contributed by atoms with Crippen molar-refractivity contribution in [2.75, 3.05) is 13.2 Å². The smallest absolute Gasteiger partial charge is 0.407 e. The van der Waals surface area contributed by atoms with Crippen molar-refractivity contribution in [3.05, 3.63) is 59.7 Å². The molecule has 8 nitrogen and oxygen atoms in total. The van der Waals surface area contributed by atoms with Crippen LogP contribution in [-0.4, -0.2) is 64.4 Å². The molecule has 0 spiro atoms. The van der Waals surface area contributed by atoms with Gasteiger partial charge in [0.2, 0.25) is 5.91 Å². The van der Waals surface area contributed by atoms with E-state index in [-0.39, 0.29) is 18.6 Å². The van der Waals surface area contributed by atoms with Gasteiger partial charge in [-0.3, -0.25) is 9.59 Å². The van der Waals surface area contributed by atoms with Crippen molar-refractivity contribution in [3.8, 4) is 11.1 Å². The number of aliphatic hydroxyl groups excluding tert-OH is 1. The SMILES string of the molecule is O=C(O)CC(NC(=O)OCC1c2ccccc2-c2ccccc21)C(=O)N1CCC2CCC(O)C1C2. The number of carboxylic acid groups (broad SMARTS) is 1. The molecule has 2 amide bonds. The Labute approximate surface area is 203 Å². The van der Waals surface area contributed by atoms with Crippen LogP contribution < -0.4 is 5.32 Å². The summed E-state index contributed by atoms with van der Waals surface area (Å²) in [5.41, 5.74) is 4.33. The standard InChI is InChI=1S/C27H30N2O6/c30-24-10-9-16-11-12-29(23(24)13-16)26(33)22(14-25(31)32)28-27(34)35-15-21-19-7-3-1-5-17(19)18-6-2-4-8-20(18)21/h1-8,16,21-24,30H,9-15H2,(H,28,34)(H,31,32). The zero-order chi connectivity index (χ0) is 24.5. The van der Waals surface area contributed by atoms with Crippen LogP contribution >= 0.6 is 0 Å². The van der Waals surface area contributed by atoms with Crippen molar-refractivity contribution >= 4 is 18.0 Å². The van der Waals surface area contributed by atoms with Gasteiger partial charge in [-0.05, 0) is 53.9 Å². The quantitative estimate of drug-likeness (QED) is 0.588. The first-order chi connectivity index (χ1) is 16.9. The number of nitrogens with zero attached hydrogens (tertiary/aromatic N) is 1. The molecule has 4 unspecified atom stereocenters. The van der Waals surface area contributed by atoms with Gasteiger partial charge < -0.3 is 25.2 Å². The summed E-state index contributed by atoms with van der Waals surface area (Å²) in [6, 6.07) is 14.3. The molecule has 3 N–H and O–H groups in total. The molecule has 8 heteroatoms. The molecule has 1 saturated heterocycles. The molecule has 1 heterocycles. The first-order valence-corrected chi connectivity index (χ1v) is 12.2. The highest BCUT2D eigenvalue weighted by atomic mass is 16.5. The van der Waals surface area contributed by atoms with Crippen molar-refractivity contribution in [3.63, 3.8) is 0 Å². The van der Waals surface area contributed by atoms with Crippen LogP contribution in [0.1, 0.15) is 49.1 Å². The summed E-state index contributed by atoms with van der Waals surface area (Å²) in [6.07, 6.45) is 1.09. The third kappa shape index (κ3) is 4.62. The fraction of sp³-hybridized carbons (Fsp3) is 0.444. The molecule has 2 aromatic rings. The van der Waals surface area contributed by atoms with E-state index in [1.165, 1.54) is 0 Å². The van der Waals surface area contributed by atoms with Crippen LogP contribution in [0.4, 0.5) is 4.79 Å². The van der Waals surface area contributed by atoms with E-state index in [0.717, 1.165) is 35.1 Å². The Morgan fingerprint density at radius 3 is 2.31 bits per heavy atom. The predicted octanol–water partition coefficient (Wildman–Crippen LogP) is 3.13. The Kier molecular flexibility index (Phi) is 6.47. The van der Waals surface area contributed by atoms with Gasteiger partial charge in [0.1, 0.15) is 12.6 Å². The zero-order valence-electron chi connectivity index (χ0n) is 19.4. The molecule has 0 radical (unpaired) electrons. The van der Waals surface area contributed by atoms with Gasteiger partial charge in [0.15, 0.2) is 0 Å². The fourth-order valence-corrected chi connectivity index (χ4v) is 5.93. The molecular weight excluding hydrogens is 448 g/mol. The van der Waals surface area contributed by atoms with E-state index >= 15 is 0 Å². The number of benzene rings is 2. The highest BCUT2D eigenvalue weighted by Gasteiger charge is 2.42. The first-order valence-electron chi connectivity index (χ1n) is 12.2. The van der Waals surface area contributed by atoms with E-state index in [4.69, 9.17) is 4.74 Å². The summed E-state index contributed by atoms with van der Waals surface area (Å²) in [4.78, 5) is 39.1. The second kappa shape index (κ2) is 9.70. The number of carboxylic acids is 1. The minimum absolute atomic E-state index is 0.0700. The van der Waals surface area contributed by atoms with Gasteiger partial charge in [0.05, 0.1) is 18.6 Å². The van der Waals surface area contributed by atoms with Gasteiger partial charge in [0, 0.05) is 12.5 Å². The molecule has 2 bridgehead atoms. The molecule has 1 saturated carbocycles. The number of piperidine rings is 1. The number of carbonyl (C=O) groups excluding carboxylic acids is 2. The topological polar surface area (TPSA) is 116 Å². The molecule has 2 fully saturated rings. The summed E-state index contributed by atoms with van der Waals surface area (Å²) in [5.74, 6) is -1.34. The van der Waals surface area contributed by atoms with E-state index in [0.29, 0.717) is 25.3 Å². The number of fused-ring (bicyclic) bond motifs is 5. The van der Waals surface area contributed by atoms with Crippen LogP contribution in [0.5, 0.6) is 0 Å². The van der Waals surface area contributed by atoms with Gasteiger partial charge >= 0.3 is 12.1 Å². The van der Waals surface area contributed by atoms with Crippen molar-refractivity contribution < 1.29 is 29.3 Å². The zero-order valence-corrected chi connectivity index (χ0v) is 19.4. The molecule has 2 aromatic carbocycles. The van der Waals surface area contributed by atoms with Crippen LogP contribution in [0.25, 0.3) is 11.1 Å². The Morgan fingerprint density at radius 1 is 1.00 bits per heavy atom. The number of carbonyl (C=O) groups is 3. The summed E-state index contributed by atoms with van der Waals surface area (Å²) in [7, 11) is 0. The molecular formula is C27H30N2O6. The van der Waals surface area contributed by atoms with E-state index in [1.807, 2.05) is 48.5 Å².